The van der Waals surface area contributed by atoms with Crippen LogP contribution in [0.3, 0.4) is 0 Å². The predicted octanol–water partition coefficient (Wildman–Crippen LogP) is 1.66. The lowest BCUT2D eigenvalue weighted by Gasteiger charge is -2.17. The normalized spacial score (nSPS) is 12.9. The summed E-state index contributed by atoms with van der Waals surface area (Å²) in [5.74, 6) is 1.55. The SMILES string of the molecule is CCCCN(C)S(=O)(=O)c1ccc(NC(=O)C[NH+](C)Cc2ccc(C)o2)cc1. The van der Waals surface area contributed by atoms with Crippen molar-refractivity contribution in [2.75, 3.05) is 32.5 Å². The number of carbonyl (C=O) groups is 1. The van der Waals surface area contributed by atoms with Gasteiger partial charge in [-0.1, -0.05) is 13.3 Å². The van der Waals surface area contributed by atoms with Gasteiger partial charge < -0.3 is 14.6 Å². The number of carbonyl (C=O) groups excluding carboxylic acids is 1. The lowest BCUT2D eigenvalue weighted by molar-refractivity contribution is -0.886. The number of aryl methyl sites for hydroxylation is 1. The Bertz CT molecular complexity index is 875. The number of quaternary nitrogens is 1. The molecule has 2 rings (SSSR count). The minimum Gasteiger partial charge on any atom is -0.460 e. The Morgan fingerprint density at radius 2 is 1.86 bits per heavy atom. The van der Waals surface area contributed by atoms with Crippen molar-refractivity contribution in [3.05, 3.63) is 47.9 Å². The molecule has 8 heteroatoms. The van der Waals surface area contributed by atoms with Crippen molar-refractivity contribution in [1.29, 1.82) is 0 Å². The van der Waals surface area contributed by atoms with Crippen molar-refractivity contribution < 1.29 is 22.5 Å². The summed E-state index contributed by atoms with van der Waals surface area (Å²) >= 11 is 0. The molecule has 1 unspecified atom stereocenters. The Morgan fingerprint density at radius 1 is 1.18 bits per heavy atom. The van der Waals surface area contributed by atoms with Gasteiger partial charge in [0.1, 0.15) is 12.3 Å². The number of unbranched alkanes of at least 4 members (excludes halogenated alkanes) is 1. The third kappa shape index (κ3) is 6.19. The Labute approximate surface area is 167 Å². The molecular formula is C20H30N3O4S+. The third-order valence-corrected chi connectivity index (χ3v) is 6.28. The zero-order valence-electron chi connectivity index (χ0n) is 17.0. The van der Waals surface area contributed by atoms with Crippen LogP contribution in [0, 0.1) is 6.92 Å². The Hall–Kier alpha value is -2.16. The van der Waals surface area contributed by atoms with Crippen molar-refractivity contribution in [2.24, 2.45) is 0 Å². The maximum atomic E-state index is 12.5. The Morgan fingerprint density at radius 3 is 2.43 bits per heavy atom. The van der Waals surface area contributed by atoms with E-state index in [4.69, 9.17) is 4.42 Å². The minimum atomic E-state index is -3.50. The highest BCUT2D eigenvalue weighted by molar-refractivity contribution is 7.89. The highest BCUT2D eigenvalue weighted by atomic mass is 32.2. The molecule has 2 aromatic rings. The predicted molar refractivity (Wildman–Crippen MR) is 109 cm³/mol. The van der Waals surface area contributed by atoms with Crippen LogP contribution in [-0.2, 0) is 21.4 Å². The molecule has 1 amide bonds. The summed E-state index contributed by atoms with van der Waals surface area (Å²) in [7, 11) is -0.00292. The van der Waals surface area contributed by atoms with Crippen molar-refractivity contribution in [2.45, 2.75) is 38.1 Å². The highest BCUT2D eigenvalue weighted by Crippen LogP contribution is 2.17. The Balaban J connectivity index is 1.91. The molecule has 0 aliphatic heterocycles. The van der Waals surface area contributed by atoms with Crippen molar-refractivity contribution in [3.8, 4) is 0 Å². The summed E-state index contributed by atoms with van der Waals surface area (Å²) in [6, 6.07) is 10.1. The second-order valence-electron chi connectivity index (χ2n) is 7.08. The van der Waals surface area contributed by atoms with Crippen LogP contribution in [0.5, 0.6) is 0 Å². The molecule has 28 heavy (non-hydrogen) atoms. The molecule has 1 aromatic carbocycles. The standard InChI is InChI=1S/C20H29N3O4S/c1-5-6-13-23(4)28(25,26)19-11-8-17(9-12-19)21-20(24)15-22(3)14-18-10-7-16(2)27-18/h7-12H,5-6,13-15H2,1-4H3,(H,21,24)/p+1. The maximum Gasteiger partial charge on any atom is 0.279 e. The van der Waals surface area contributed by atoms with E-state index in [1.54, 1.807) is 19.2 Å². The largest absolute Gasteiger partial charge is 0.460 e. The van der Waals surface area contributed by atoms with Crippen LogP contribution in [0.1, 0.15) is 31.3 Å². The number of anilines is 1. The lowest BCUT2D eigenvalue weighted by Crippen LogP contribution is -3.08. The fourth-order valence-corrected chi connectivity index (χ4v) is 4.02. The maximum absolute atomic E-state index is 12.5. The summed E-state index contributed by atoms with van der Waals surface area (Å²) in [6.07, 6.45) is 1.75. The van der Waals surface area contributed by atoms with E-state index < -0.39 is 10.0 Å². The van der Waals surface area contributed by atoms with E-state index in [-0.39, 0.29) is 17.3 Å². The van der Waals surface area contributed by atoms with Crippen LogP contribution < -0.4 is 10.2 Å². The molecule has 0 aliphatic carbocycles. The molecule has 154 valence electrons. The van der Waals surface area contributed by atoms with E-state index in [1.807, 2.05) is 33.0 Å². The van der Waals surface area contributed by atoms with E-state index in [9.17, 15) is 13.2 Å². The van der Waals surface area contributed by atoms with Gasteiger partial charge in [-0.15, -0.1) is 0 Å². The number of rotatable bonds is 10. The number of likely N-dealkylation sites (N-methyl/N-ethyl adjacent to an activating group) is 1. The van der Waals surface area contributed by atoms with Gasteiger partial charge in [0, 0.05) is 19.3 Å². The van der Waals surface area contributed by atoms with Gasteiger partial charge in [-0.3, -0.25) is 4.79 Å². The molecule has 1 heterocycles. The van der Waals surface area contributed by atoms with Crippen molar-refractivity contribution in [3.63, 3.8) is 0 Å². The van der Waals surface area contributed by atoms with Gasteiger partial charge in [0.15, 0.2) is 12.3 Å². The molecular weight excluding hydrogens is 378 g/mol. The number of hydrogen-bond acceptors (Lipinski definition) is 4. The van der Waals surface area contributed by atoms with Gasteiger partial charge in [-0.25, -0.2) is 12.7 Å². The second kappa shape index (κ2) is 9.86. The van der Waals surface area contributed by atoms with E-state index in [2.05, 4.69) is 5.32 Å². The monoisotopic (exact) mass is 408 g/mol. The number of sulfonamides is 1. The fraction of sp³-hybridized carbons (Fsp3) is 0.450. The molecule has 0 bridgehead atoms. The number of hydrogen-bond donors (Lipinski definition) is 2. The quantitative estimate of drug-likeness (QED) is 0.626. The van der Waals surface area contributed by atoms with Crippen molar-refractivity contribution in [1.82, 2.24) is 4.31 Å². The first-order valence-corrected chi connectivity index (χ1v) is 10.9. The first-order chi connectivity index (χ1) is 13.2. The lowest BCUT2D eigenvalue weighted by atomic mass is 10.3. The summed E-state index contributed by atoms with van der Waals surface area (Å²) in [4.78, 5) is 13.4. The molecule has 0 saturated heterocycles. The van der Waals surface area contributed by atoms with Crippen LogP contribution >= 0.6 is 0 Å². The summed E-state index contributed by atoms with van der Waals surface area (Å²) in [5, 5.41) is 2.81. The summed E-state index contributed by atoms with van der Waals surface area (Å²) < 4.78 is 31.9. The van der Waals surface area contributed by atoms with Crippen LogP contribution in [0.2, 0.25) is 0 Å². The van der Waals surface area contributed by atoms with Crippen LogP contribution in [0.25, 0.3) is 0 Å². The summed E-state index contributed by atoms with van der Waals surface area (Å²) in [5.41, 5.74) is 0.571. The van der Waals surface area contributed by atoms with Gasteiger partial charge in [0.2, 0.25) is 10.0 Å². The van der Waals surface area contributed by atoms with Crippen LogP contribution in [-0.4, -0.2) is 45.8 Å². The average molecular weight is 409 g/mol. The molecule has 0 aliphatic rings. The summed E-state index contributed by atoms with van der Waals surface area (Å²) in [6.45, 7) is 5.29. The molecule has 0 fully saturated rings. The number of nitrogens with one attached hydrogen (secondary N) is 2. The molecule has 2 N–H and O–H groups in total. The minimum absolute atomic E-state index is 0.142. The van der Waals surface area contributed by atoms with E-state index >= 15 is 0 Å². The second-order valence-corrected chi connectivity index (χ2v) is 9.12. The van der Waals surface area contributed by atoms with Gasteiger partial charge in [-0.05, 0) is 49.7 Å². The zero-order valence-corrected chi connectivity index (χ0v) is 17.8. The third-order valence-electron chi connectivity index (χ3n) is 4.41. The topological polar surface area (TPSA) is 84.1 Å². The fourth-order valence-electron chi connectivity index (χ4n) is 2.81. The van der Waals surface area contributed by atoms with Gasteiger partial charge in [0.05, 0.1) is 11.9 Å². The van der Waals surface area contributed by atoms with Crippen LogP contribution in [0.15, 0.2) is 45.7 Å². The molecule has 1 aromatic heterocycles. The molecule has 0 saturated carbocycles. The smallest absolute Gasteiger partial charge is 0.279 e. The van der Waals surface area contributed by atoms with E-state index in [0.717, 1.165) is 29.3 Å². The number of benzene rings is 1. The molecule has 7 nitrogen and oxygen atoms in total. The van der Waals surface area contributed by atoms with Gasteiger partial charge in [-0.2, -0.15) is 0 Å². The molecule has 0 spiro atoms. The van der Waals surface area contributed by atoms with Crippen LogP contribution in [0.4, 0.5) is 5.69 Å². The molecule has 0 radical (unpaired) electrons. The number of furan rings is 1. The first kappa shape index (κ1) is 22.1. The van der Waals surface area contributed by atoms with Gasteiger partial charge >= 0.3 is 0 Å². The number of amides is 1. The highest BCUT2D eigenvalue weighted by Gasteiger charge is 2.20. The first-order valence-electron chi connectivity index (χ1n) is 9.45. The van der Waals surface area contributed by atoms with Crippen molar-refractivity contribution >= 4 is 21.6 Å². The zero-order chi connectivity index (χ0) is 20.7. The van der Waals surface area contributed by atoms with Gasteiger partial charge in [0.25, 0.3) is 5.91 Å². The molecule has 1 atom stereocenters. The Kier molecular flexibility index (Phi) is 7.79. The van der Waals surface area contributed by atoms with E-state index in [0.29, 0.717) is 18.8 Å². The average Bonchev–Trinajstić information content (AvgIpc) is 3.04. The number of nitrogens with zero attached hydrogens (tertiary/aromatic N) is 1. The van der Waals surface area contributed by atoms with E-state index in [1.165, 1.54) is 16.4 Å².